The van der Waals surface area contributed by atoms with Crippen LogP contribution in [-0.2, 0) is 33.2 Å². The number of para-hydroxylation sites is 2. The molecule has 2 amide bonds. The van der Waals surface area contributed by atoms with Gasteiger partial charge in [-0.1, -0.05) is 39.8 Å². The number of urea groups is 1. The summed E-state index contributed by atoms with van der Waals surface area (Å²) in [6.45, 7) is 21.1. The summed E-state index contributed by atoms with van der Waals surface area (Å²) in [6, 6.07) is 5.52. The zero-order chi connectivity index (χ0) is 49.8. The van der Waals surface area contributed by atoms with Crippen LogP contribution < -0.4 is 20.3 Å². The van der Waals surface area contributed by atoms with Crippen LogP contribution in [-0.4, -0.2) is 179 Å². The quantitative estimate of drug-likeness (QED) is 0.125. The molecule has 384 valence electrons. The number of anilines is 1. The molecule has 18 nitrogen and oxygen atoms in total. The molecule has 3 fully saturated rings. The van der Waals surface area contributed by atoms with Gasteiger partial charge >= 0.3 is 12.0 Å². The molecule has 1 aromatic rings. The minimum absolute atomic E-state index is 0.0434. The van der Waals surface area contributed by atoms with E-state index in [1.807, 2.05) is 39.0 Å². The summed E-state index contributed by atoms with van der Waals surface area (Å²) in [4.78, 5) is 31.9. The normalized spacial score (nSPS) is 42.7. The molecule has 0 bridgehead atoms. The van der Waals surface area contributed by atoms with Crippen molar-refractivity contribution in [1.29, 1.82) is 0 Å². The summed E-state index contributed by atoms with van der Waals surface area (Å²) >= 11 is 0. The number of carbonyl (C=O) groups excluding carboxylic acids is 2. The molecular weight excluding hydrogens is 869 g/mol. The highest BCUT2D eigenvalue weighted by atomic mass is 16.7. The first-order valence-corrected chi connectivity index (χ1v) is 24.5. The van der Waals surface area contributed by atoms with Crippen molar-refractivity contribution >= 4 is 17.7 Å². The summed E-state index contributed by atoms with van der Waals surface area (Å²) in [5.74, 6) is -2.41. The molecule has 0 unspecified atom stereocenters. The van der Waals surface area contributed by atoms with Crippen molar-refractivity contribution in [2.75, 3.05) is 51.8 Å². The number of hydrogen-bond donors (Lipinski definition) is 7. The van der Waals surface area contributed by atoms with Gasteiger partial charge in [0.25, 0.3) is 0 Å². The third-order valence-electron chi connectivity index (χ3n) is 15.1. The molecule has 0 spiro atoms. The van der Waals surface area contributed by atoms with E-state index < -0.39 is 108 Å². The van der Waals surface area contributed by atoms with E-state index in [4.69, 9.17) is 33.2 Å². The molecule has 67 heavy (non-hydrogen) atoms. The third kappa shape index (κ3) is 11.9. The van der Waals surface area contributed by atoms with Gasteiger partial charge in [-0.25, -0.2) is 4.79 Å². The van der Waals surface area contributed by atoms with E-state index in [1.165, 1.54) is 18.9 Å². The fourth-order valence-corrected chi connectivity index (χ4v) is 10.8. The van der Waals surface area contributed by atoms with Gasteiger partial charge in [0, 0.05) is 39.1 Å². The number of amides is 2. The van der Waals surface area contributed by atoms with E-state index in [1.54, 1.807) is 66.5 Å². The molecule has 18 atom stereocenters. The van der Waals surface area contributed by atoms with Crippen LogP contribution >= 0.6 is 0 Å². The van der Waals surface area contributed by atoms with Crippen molar-refractivity contribution in [2.24, 2.45) is 17.8 Å². The Morgan fingerprint density at radius 3 is 2.34 bits per heavy atom. The smallest absolute Gasteiger partial charge is 0.324 e. The first kappa shape index (κ1) is 55.2. The molecule has 4 heterocycles. The lowest BCUT2D eigenvalue weighted by Gasteiger charge is -2.53. The lowest BCUT2D eigenvalue weighted by Crippen LogP contribution is -2.70. The molecule has 0 radical (unpaired) electrons. The van der Waals surface area contributed by atoms with Crippen LogP contribution in [0.25, 0.3) is 0 Å². The number of benzene rings is 1. The second-order valence-corrected chi connectivity index (χ2v) is 20.6. The van der Waals surface area contributed by atoms with Gasteiger partial charge in [-0.2, -0.15) is 0 Å². The molecule has 7 N–H and O–H groups in total. The van der Waals surface area contributed by atoms with Gasteiger partial charge in [-0.3, -0.25) is 9.69 Å². The predicted octanol–water partition coefficient (Wildman–Crippen LogP) is 3.32. The molecule has 0 aliphatic carbocycles. The summed E-state index contributed by atoms with van der Waals surface area (Å²) in [6.07, 6.45) is -8.46. The fraction of sp³-hybridized carbons (Fsp3) is 0.837. The summed E-state index contributed by atoms with van der Waals surface area (Å²) < 4.78 is 44.6. The number of aliphatic hydroxyl groups excluding tert-OH is 2. The third-order valence-corrected chi connectivity index (χ3v) is 15.1. The van der Waals surface area contributed by atoms with Crippen LogP contribution in [0.5, 0.6) is 5.75 Å². The van der Waals surface area contributed by atoms with Crippen molar-refractivity contribution in [2.45, 2.75) is 198 Å². The Morgan fingerprint density at radius 2 is 1.69 bits per heavy atom. The number of rotatable bonds is 11. The van der Waals surface area contributed by atoms with E-state index in [0.717, 1.165) is 6.42 Å². The van der Waals surface area contributed by atoms with Crippen molar-refractivity contribution in [3.05, 3.63) is 24.3 Å². The summed E-state index contributed by atoms with van der Waals surface area (Å²) in [5.41, 5.74) is -5.61. The number of likely N-dealkylation sites (N-methyl/N-ethyl adjacent to an activating group) is 1. The van der Waals surface area contributed by atoms with Gasteiger partial charge < -0.3 is 74.2 Å². The van der Waals surface area contributed by atoms with Crippen molar-refractivity contribution in [3.63, 3.8) is 0 Å². The minimum Gasteiger partial charge on any atom is -0.490 e. The number of aliphatic hydroxyl groups is 5. The Kier molecular flexibility index (Phi) is 18.6. The Labute approximate surface area is 398 Å². The lowest BCUT2D eigenvalue weighted by atomic mass is 9.75. The van der Waals surface area contributed by atoms with Gasteiger partial charge in [0.2, 0.25) is 0 Å². The number of carbonyl (C=O) groups is 2. The van der Waals surface area contributed by atoms with Crippen molar-refractivity contribution < 1.29 is 68.3 Å². The Balaban J connectivity index is 1.54. The first-order valence-electron chi connectivity index (χ1n) is 24.5. The van der Waals surface area contributed by atoms with Gasteiger partial charge in [-0.15, -0.1) is 0 Å². The number of fused-ring (bicyclic) bond motifs is 1. The molecule has 5 rings (SSSR count). The van der Waals surface area contributed by atoms with E-state index >= 15 is 0 Å². The predicted molar refractivity (Wildman–Crippen MR) is 250 cm³/mol. The molecule has 4 aliphatic rings. The van der Waals surface area contributed by atoms with Crippen LogP contribution in [0.3, 0.4) is 0 Å². The summed E-state index contributed by atoms with van der Waals surface area (Å²) in [5, 5.41) is 67.1. The van der Waals surface area contributed by atoms with Crippen LogP contribution in [0.4, 0.5) is 10.5 Å². The zero-order valence-corrected chi connectivity index (χ0v) is 42.3. The van der Waals surface area contributed by atoms with E-state index in [2.05, 4.69) is 10.6 Å². The highest BCUT2D eigenvalue weighted by molar-refractivity contribution is 5.94. The number of ether oxygens (including phenoxy) is 7. The maximum Gasteiger partial charge on any atom is 0.324 e. The SMILES string of the molecule is CCCNC[C@]1(O)[C@H](C)O[C@@H](O[C@H]2[C@H](C)[C@@H](O[C@@H]3O[C@H](C)C[C@H](N(C)C(=O)N4CCOc5ccccc54)[C@H]3O)[C@](C)(O)C[C@@H](C)CN[C@H](C)[C@@H](O)[C@](C)(O)[C@@H](CC)OC(=O)[C@@H]2C)C[C@@]1(C)OC. The number of nitrogens with zero attached hydrogens (tertiary/aromatic N) is 2. The van der Waals surface area contributed by atoms with E-state index in [0.29, 0.717) is 37.7 Å². The minimum atomic E-state index is -1.86. The monoisotopic (exact) mass is 953 g/mol. The second kappa shape index (κ2) is 22.6. The van der Waals surface area contributed by atoms with Crippen molar-refractivity contribution in [3.8, 4) is 5.75 Å². The maximum absolute atomic E-state index is 14.5. The van der Waals surface area contributed by atoms with Gasteiger partial charge in [-0.05, 0) is 105 Å². The standard InChI is InChI=1S/C49H84N4O14/c1-14-20-50-27-49(60)33(8)64-38(25-47(49,10)61-13)66-40-30(5)42(46(9,58)24-28(3)26-51-32(7)41(55)48(11,59)37(15-2)65-43(56)31(40)6)67-44-39(54)35(23-29(4)63-44)52(12)45(57)53-21-22-62-36-19-17-16-18-34(36)53/h16-19,28-33,35,37-42,44,50-51,54-55,58-60H,14-15,20-27H2,1-13H3/t28-,29-,30+,31-,32-,33+,35+,37-,38+,39-,40+,41-,42-,44+,46-,47-,48-,49+/m1/s1. The van der Waals surface area contributed by atoms with Crippen LogP contribution in [0.1, 0.15) is 108 Å². The number of nitrogens with one attached hydrogen (secondary N) is 2. The topological polar surface area (TPSA) is 230 Å². The number of cyclic esters (lactones) is 1. The number of hydrogen-bond acceptors (Lipinski definition) is 16. The van der Waals surface area contributed by atoms with E-state index in [9.17, 15) is 35.1 Å². The van der Waals surface area contributed by atoms with Crippen LogP contribution in [0, 0.1) is 17.8 Å². The highest BCUT2D eigenvalue weighted by Gasteiger charge is 2.58. The van der Waals surface area contributed by atoms with Gasteiger partial charge in [0.15, 0.2) is 12.6 Å². The van der Waals surface area contributed by atoms with Gasteiger partial charge in [0.05, 0.1) is 54.2 Å². The average molecular weight is 953 g/mol. The number of methoxy groups -OCH3 is 1. The molecule has 0 saturated carbocycles. The molecule has 3 saturated heterocycles. The highest BCUT2D eigenvalue weighted by Crippen LogP contribution is 2.43. The van der Waals surface area contributed by atoms with Gasteiger partial charge in [0.1, 0.15) is 47.5 Å². The Morgan fingerprint density at radius 1 is 1.00 bits per heavy atom. The molecule has 0 aromatic heterocycles. The van der Waals surface area contributed by atoms with Crippen LogP contribution in [0.2, 0.25) is 0 Å². The second-order valence-electron chi connectivity index (χ2n) is 20.6. The fourth-order valence-electron chi connectivity index (χ4n) is 10.8. The summed E-state index contributed by atoms with van der Waals surface area (Å²) in [7, 11) is 3.15. The lowest BCUT2D eigenvalue weighted by molar-refractivity contribution is -0.336. The molecule has 1 aromatic carbocycles. The maximum atomic E-state index is 14.5. The largest absolute Gasteiger partial charge is 0.490 e. The molecular formula is C49H84N4O14. The number of esters is 1. The first-order chi connectivity index (χ1) is 31.4. The van der Waals surface area contributed by atoms with Crippen molar-refractivity contribution in [1.82, 2.24) is 15.5 Å². The Bertz CT molecular complexity index is 1780. The molecule has 18 heteroatoms. The van der Waals surface area contributed by atoms with Crippen LogP contribution in [0.15, 0.2) is 24.3 Å². The van der Waals surface area contributed by atoms with E-state index in [-0.39, 0.29) is 44.2 Å². The zero-order valence-electron chi connectivity index (χ0n) is 42.3. The average Bonchev–Trinajstić information content (AvgIpc) is 3.29. The molecule has 4 aliphatic heterocycles. The Hall–Kier alpha value is -2.72.